The van der Waals surface area contributed by atoms with E-state index < -0.39 is 0 Å². The second-order valence-electron chi connectivity index (χ2n) is 5.50. The summed E-state index contributed by atoms with van der Waals surface area (Å²) in [5, 5.41) is 10.8. The van der Waals surface area contributed by atoms with Crippen molar-refractivity contribution in [1.82, 2.24) is 10.2 Å². The quantitative estimate of drug-likeness (QED) is 0.601. The van der Waals surface area contributed by atoms with Crippen molar-refractivity contribution in [3.05, 3.63) is 71.0 Å². The minimum atomic E-state index is -0.228. The molecule has 3 aromatic rings. The van der Waals surface area contributed by atoms with Crippen LogP contribution in [0, 0.1) is 0 Å². The normalized spacial score (nSPS) is 10.7. The number of halogens is 1. The largest absolute Gasteiger partial charge is 0.330 e. The van der Waals surface area contributed by atoms with Crippen molar-refractivity contribution in [2.75, 3.05) is 11.9 Å². The smallest absolute Gasteiger partial charge is 0.272 e. The van der Waals surface area contributed by atoms with Gasteiger partial charge in [0.25, 0.3) is 5.56 Å². The maximum atomic E-state index is 11.9. The van der Waals surface area contributed by atoms with E-state index in [4.69, 9.17) is 5.73 Å². The molecule has 0 fully saturated rings. The number of anilines is 1. The van der Waals surface area contributed by atoms with E-state index in [1.165, 1.54) is 6.08 Å². The lowest BCUT2D eigenvalue weighted by Crippen LogP contribution is -2.10. The lowest BCUT2D eigenvalue weighted by atomic mass is 10.0. The van der Waals surface area contributed by atoms with Gasteiger partial charge in [0.05, 0.1) is 11.1 Å². The van der Waals surface area contributed by atoms with Crippen LogP contribution in [0.25, 0.3) is 22.0 Å². The Hall–Kier alpha value is -2.96. The summed E-state index contributed by atoms with van der Waals surface area (Å²) >= 11 is 0. The zero-order chi connectivity index (χ0) is 17.6. The second-order valence-corrected chi connectivity index (χ2v) is 5.50. The molecule has 0 saturated heterocycles. The summed E-state index contributed by atoms with van der Waals surface area (Å²) in [5.41, 5.74) is 7.27. The minimum Gasteiger partial charge on any atom is -0.330 e. The number of fused-ring (bicyclic) bond motifs is 1. The molecule has 0 unspecified atom stereocenters. The van der Waals surface area contributed by atoms with E-state index in [0.717, 1.165) is 10.9 Å². The fraction of sp³-hybridized carbons (Fsp3) is 0.105. The van der Waals surface area contributed by atoms with Crippen molar-refractivity contribution < 1.29 is 4.79 Å². The van der Waals surface area contributed by atoms with Gasteiger partial charge in [-0.2, -0.15) is 5.10 Å². The van der Waals surface area contributed by atoms with Gasteiger partial charge in [0.2, 0.25) is 5.91 Å². The number of nitrogens with two attached hydrogens (primary N) is 1. The number of hydrogen-bond donors (Lipinski definition) is 3. The van der Waals surface area contributed by atoms with Crippen LogP contribution < -0.4 is 16.6 Å². The highest BCUT2D eigenvalue weighted by atomic mass is 35.5. The molecule has 6 nitrogen and oxygen atoms in total. The molecule has 1 amide bonds. The molecule has 3 rings (SSSR count). The Kier molecular flexibility index (Phi) is 6.66. The Balaban J connectivity index is 0.00000243. The summed E-state index contributed by atoms with van der Waals surface area (Å²) in [6, 6.07) is 14.6. The highest BCUT2D eigenvalue weighted by Gasteiger charge is 2.09. The van der Waals surface area contributed by atoms with Gasteiger partial charge in [0.1, 0.15) is 0 Å². The van der Waals surface area contributed by atoms with Crippen LogP contribution in [0.3, 0.4) is 0 Å². The predicted molar refractivity (Wildman–Crippen MR) is 106 cm³/mol. The standard InChI is InChI=1S/C19H18N4O2.ClH/c20-11-4-3-10-17(24)21-14-7-5-6-13(12-14)18-15-8-1-2-9-16(15)19(25)23-22-18;/h1-3,5-10,12H,4,11,20H2,(H,21,24)(H,23,25);1H. The van der Waals surface area contributed by atoms with Crippen molar-refractivity contribution in [1.29, 1.82) is 0 Å². The van der Waals surface area contributed by atoms with Crippen LogP contribution in [0.4, 0.5) is 5.69 Å². The lowest BCUT2D eigenvalue weighted by molar-refractivity contribution is -0.111. The van der Waals surface area contributed by atoms with Gasteiger partial charge >= 0.3 is 0 Å². The minimum absolute atomic E-state index is 0. The lowest BCUT2D eigenvalue weighted by Gasteiger charge is -2.08. The molecule has 0 aliphatic carbocycles. The van der Waals surface area contributed by atoms with Crippen molar-refractivity contribution >= 4 is 34.8 Å². The topological polar surface area (TPSA) is 101 Å². The zero-order valence-corrected chi connectivity index (χ0v) is 14.8. The van der Waals surface area contributed by atoms with Gasteiger partial charge in [0.15, 0.2) is 0 Å². The zero-order valence-electron chi connectivity index (χ0n) is 13.9. The highest BCUT2D eigenvalue weighted by Crippen LogP contribution is 2.26. The van der Waals surface area contributed by atoms with Crippen molar-refractivity contribution in [3.63, 3.8) is 0 Å². The van der Waals surface area contributed by atoms with Gasteiger partial charge in [-0.3, -0.25) is 9.59 Å². The molecule has 0 saturated carbocycles. The average molecular weight is 371 g/mol. The molecule has 0 aliphatic heterocycles. The number of hydrogen-bond acceptors (Lipinski definition) is 4. The number of benzene rings is 2. The number of nitrogens with one attached hydrogen (secondary N) is 2. The summed E-state index contributed by atoms with van der Waals surface area (Å²) in [5.74, 6) is -0.218. The average Bonchev–Trinajstić information content (AvgIpc) is 2.63. The van der Waals surface area contributed by atoms with Crippen LogP contribution in [0.2, 0.25) is 0 Å². The predicted octanol–water partition coefficient (Wildman–Crippen LogP) is 2.86. The molecule has 0 atom stereocenters. The molecular formula is C19H19ClN4O2. The molecule has 0 spiro atoms. The first-order valence-corrected chi connectivity index (χ1v) is 7.94. The Morgan fingerprint density at radius 2 is 1.92 bits per heavy atom. The highest BCUT2D eigenvalue weighted by molar-refractivity contribution is 6.00. The Morgan fingerprint density at radius 3 is 2.69 bits per heavy atom. The van der Waals surface area contributed by atoms with E-state index in [-0.39, 0.29) is 23.9 Å². The summed E-state index contributed by atoms with van der Waals surface area (Å²) in [6.45, 7) is 0.504. The fourth-order valence-electron chi connectivity index (χ4n) is 2.55. The van der Waals surface area contributed by atoms with E-state index in [0.29, 0.717) is 29.7 Å². The van der Waals surface area contributed by atoms with Crippen molar-refractivity contribution in [2.45, 2.75) is 6.42 Å². The van der Waals surface area contributed by atoms with Crippen LogP contribution in [0.1, 0.15) is 6.42 Å². The second kappa shape index (κ2) is 8.94. The van der Waals surface area contributed by atoms with E-state index in [1.54, 1.807) is 18.2 Å². The maximum absolute atomic E-state index is 11.9. The van der Waals surface area contributed by atoms with Gasteiger partial charge in [-0.25, -0.2) is 5.10 Å². The monoisotopic (exact) mass is 370 g/mol. The van der Waals surface area contributed by atoms with Crippen LogP contribution in [-0.2, 0) is 4.79 Å². The summed E-state index contributed by atoms with van der Waals surface area (Å²) < 4.78 is 0. The number of carbonyl (C=O) groups excluding carboxylic acids is 1. The van der Waals surface area contributed by atoms with Crippen LogP contribution in [0.5, 0.6) is 0 Å². The van der Waals surface area contributed by atoms with Crippen molar-refractivity contribution in [3.8, 4) is 11.3 Å². The Labute approximate surface area is 156 Å². The number of aromatic nitrogens is 2. The van der Waals surface area contributed by atoms with Crippen LogP contribution >= 0.6 is 12.4 Å². The van der Waals surface area contributed by atoms with Crippen LogP contribution in [-0.4, -0.2) is 22.6 Å². The van der Waals surface area contributed by atoms with E-state index in [2.05, 4.69) is 15.5 Å². The molecule has 7 heteroatoms. The first kappa shape index (κ1) is 19.4. The van der Waals surface area contributed by atoms with Crippen molar-refractivity contribution in [2.24, 2.45) is 5.73 Å². The molecule has 134 valence electrons. The van der Waals surface area contributed by atoms with Gasteiger partial charge in [-0.15, -0.1) is 12.4 Å². The third kappa shape index (κ3) is 4.36. The van der Waals surface area contributed by atoms with E-state index in [1.807, 2.05) is 36.4 Å². The third-order valence-corrected chi connectivity index (χ3v) is 3.70. The van der Waals surface area contributed by atoms with E-state index in [9.17, 15) is 9.59 Å². The van der Waals surface area contributed by atoms with E-state index >= 15 is 0 Å². The first-order valence-electron chi connectivity index (χ1n) is 7.94. The van der Waals surface area contributed by atoms with Crippen LogP contribution in [0.15, 0.2) is 65.5 Å². The van der Waals surface area contributed by atoms with Gasteiger partial charge in [-0.05, 0) is 37.2 Å². The summed E-state index contributed by atoms with van der Waals surface area (Å²) in [4.78, 5) is 23.8. The number of H-pyrrole nitrogens is 1. The molecular weight excluding hydrogens is 352 g/mol. The molecule has 0 bridgehead atoms. The molecule has 0 aliphatic rings. The van der Waals surface area contributed by atoms with Gasteiger partial charge < -0.3 is 11.1 Å². The molecule has 4 N–H and O–H groups in total. The number of aromatic amines is 1. The maximum Gasteiger partial charge on any atom is 0.272 e. The fourth-order valence-corrected chi connectivity index (χ4v) is 2.55. The number of amides is 1. The Morgan fingerprint density at radius 1 is 1.15 bits per heavy atom. The molecule has 1 aromatic heterocycles. The first-order chi connectivity index (χ1) is 12.2. The number of nitrogens with zero attached hydrogens (tertiary/aromatic N) is 1. The molecule has 2 aromatic carbocycles. The number of rotatable bonds is 5. The third-order valence-electron chi connectivity index (χ3n) is 3.70. The summed E-state index contributed by atoms with van der Waals surface area (Å²) in [6.07, 6.45) is 3.85. The Bertz CT molecular complexity index is 998. The summed E-state index contributed by atoms with van der Waals surface area (Å²) in [7, 11) is 0. The molecule has 0 radical (unpaired) electrons. The molecule has 26 heavy (non-hydrogen) atoms. The van der Waals surface area contributed by atoms with Gasteiger partial charge in [-0.1, -0.05) is 36.4 Å². The SMILES string of the molecule is Cl.NCCC=CC(=O)Nc1cccc(-c2n[nH]c(=O)c3ccccc23)c1. The molecule has 1 heterocycles. The number of carbonyl (C=O) groups is 1. The van der Waals surface area contributed by atoms with Gasteiger partial charge in [0, 0.05) is 16.6 Å².